The number of carbonyl (C=O) groups excluding carboxylic acids is 3. The van der Waals surface area contributed by atoms with Gasteiger partial charge in [-0.3, -0.25) is 14.4 Å². The lowest BCUT2D eigenvalue weighted by Gasteiger charge is -2.27. The number of hydrogen-bond acceptors (Lipinski definition) is 6. The van der Waals surface area contributed by atoms with Crippen molar-refractivity contribution in [3.8, 4) is 11.5 Å². The summed E-state index contributed by atoms with van der Waals surface area (Å²) in [6.45, 7) is 5.23. The highest BCUT2D eigenvalue weighted by Gasteiger charge is 2.51. The zero-order valence-electron chi connectivity index (χ0n) is 20.4. The molecule has 7 nitrogen and oxygen atoms in total. The molecule has 2 aromatic rings. The molecular formula is C27H32FNO6. The largest absolute Gasteiger partial charge is 0.490 e. The Morgan fingerprint density at radius 2 is 1.71 bits per heavy atom. The highest BCUT2D eigenvalue weighted by molar-refractivity contribution is 6.44. The molecule has 35 heavy (non-hydrogen) atoms. The Morgan fingerprint density at radius 3 is 2.37 bits per heavy atom. The molecule has 2 unspecified atom stereocenters. The maximum Gasteiger partial charge on any atom is 0.291 e. The molecule has 8 heteroatoms. The molecule has 0 aliphatic carbocycles. The van der Waals surface area contributed by atoms with Gasteiger partial charge >= 0.3 is 0 Å². The Hall–Kier alpha value is -3.26. The number of amides is 1. The van der Waals surface area contributed by atoms with Crippen LogP contribution in [0.15, 0.2) is 42.5 Å². The van der Waals surface area contributed by atoms with Gasteiger partial charge in [-0.15, -0.1) is 0 Å². The molecule has 1 aliphatic heterocycles. The summed E-state index contributed by atoms with van der Waals surface area (Å²) in [5, 5.41) is 0. The molecule has 1 saturated heterocycles. The number of Topliss-reactive ketones (excluding diaryl/α,β-unsaturated/α-hetero) is 2. The van der Waals surface area contributed by atoms with E-state index in [1.165, 1.54) is 24.1 Å². The second-order valence-corrected chi connectivity index (χ2v) is 8.34. The van der Waals surface area contributed by atoms with Crippen LogP contribution in [0.3, 0.4) is 0 Å². The highest BCUT2D eigenvalue weighted by atomic mass is 19.1. The van der Waals surface area contributed by atoms with Crippen molar-refractivity contribution in [2.24, 2.45) is 5.92 Å². The topological polar surface area (TPSA) is 82.1 Å². The summed E-state index contributed by atoms with van der Waals surface area (Å²) in [4.78, 5) is 40.7. The van der Waals surface area contributed by atoms with E-state index in [9.17, 15) is 18.8 Å². The molecule has 1 aliphatic rings. The van der Waals surface area contributed by atoms with Crippen LogP contribution in [0.2, 0.25) is 0 Å². The number of hydrogen-bond donors (Lipinski definition) is 0. The predicted molar refractivity (Wildman–Crippen MR) is 128 cm³/mol. The monoisotopic (exact) mass is 485 g/mol. The van der Waals surface area contributed by atoms with Crippen LogP contribution < -0.4 is 9.47 Å². The number of unbranched alkanes of at least 4 members (excludes halogenated alkanes) is 2. The molecule has 2 atom stereocenters. The van der Waals surface area contributed by atoms with E-state index in [0.29, 0.717) is 30.3 Å². The predicted octanol–water partition coefficient (Wildman–Crippen LogP) is 4.39. The third-order valence-electron chi connectivity index (χ3n) is 5.97. The van der Waals surface area contributed by atoms with Crippen molar-refractivity contribution in [3.63, 3.8) is 0 Å². The number of halogens is 1. The van der Waals surface area contributed by atoms with Gasteiger partial charge in [-0.05, 0) is 55.3 Å². The van der Waals surface area contributed by atoms with Crippen molar-refractivity contribution in [2.45, 2.75) is 39.2 Å². The number of ketones is 2. The minimum atomic E-state index is -1.27. The Morgan fingerprint density at radius 1 is 0.971 bits per heavy atom. The SMILES string of the molecule is CCCCCOc1ccc(C2C(C(=O)c3ccc(F)cc3)C(=O)C(=O)N2CCOC)cc1OCC. The van der Waals surface area contributed by atoms with E-state index in [0.717, 1.165) is 31.4 Å². The smallest absolute Gasteiger partial charge is 0.291 e. The second kappa shape index (κ2) is 12.4. The molecule has 3 rings (SSSR count). The van der Waals surface area contributed by atoms with Crippen molar-refractivity contribution >= 4 is 17.5 Å². The van der Waals surface area contributed by atoms with Crippen molar-refractivity contribution in [1.29, 1.82) is 0 Å². The first-order valence-electron chi connectivity index (χ1n) is 12.0. The van der Waals surface area contributed by atoms with Crippen LogP contribution in [0.5, 0.6) is 11.5 Å². The summed E-state index contributed by atoms with van der Waals surface area (Å²) in [5.41, 5.74) is 0.738. The number of likely N-dealkylation sites (tertiary alicyclic amines) is 1. The molecule has 0 bridgehead atoms. The van der Waals surface area contributed by atoms with Gasteiger partial charge in [-0.2, -0.15) is 0 Å². The van der Waals surface area contributed by atoms with Crippen molar-refractivity contribution < 1.29 is 33.0 Å². The number of benzene rings is 2. The van der Waals surface area contributed by atoms with Gasteiger partial charge in [0.2, 0.25) is 5.78 Å². The van der Waals surface area contributed by atoms with E-state index in [1.807, 2.05) is 6.92 Å². The lowest BCUT2D eigenvalue weighted by atomic mass is 9.86. The van der Waals surface area contributed by atoms with Gasteiger partial charge in [-0.1, -0.05) is 25.8 Å². The number of carbonyl (C=O) groups is 3. The maximum atomic E-state index is 13.4. The first kappa shape index (κ1) is 26.3. The van der Waals surface area contributed by atoms with E-state index >= 15 is 0 Å². The molecule has 2 aromatic carbocycles. The number of methoxy groups -OCH3 is 1. The van der Waals surface area contributed by atoms with Crippen LogP contribution in [0.1, 0.15) is 55.1 Å². The van der Waals surface area contributed by atoms with Crippen LogP contribution in [-0.2, 0) is 14.3 Å². The molecule has 188 valence electrons. The Balaban J connectivity index is 2.00. The van der Waals surface area contributed by atoms with Crippen LogP contribution in [0, 0.1) is 11.7 Å². The number of ether oxygens (including phenoxy) is 3. The Labute approximate surface area is 205 Å². The summed E-state index contributed by atoms with van der Waals surface area (Å²) < 4.78 is 30.2. The van der Waals surface area contributed by atoms with Gasteiger partial charge in [0.15, 0.2) is 17.3 Å². The van der Waals surface area contributed by atoms with Gasteiger partial charge in [0.05, 0.1) is 25.9 Å². The standard InChI is InChI=1S/C27H32FNO6/c1-4-6-7-15-35-21-13-10-19(17-22(21)34-5-2)24-23(25(30)18-8-11-20(28)12-9-18)26(31)27(32)29(24)14-16-33-3/h8-13,17,23-24H,4-7,14-16H2,1-3H3. The lowest BCUT2D eigenvalue weighted by Crippen LogP contribution is -2.33. The minimum absolute atomic E-state index is 0.137. The molecule has 1 fully saturated rings. The highest BCUT2D eigenvalue weighted by Crippen LogP contribution is 2.41. The zero-order valence-corrected chi connectivity index (χ0v) is 20.4. The van der Waals surface area contributed by atoms with E-state index < -0.39 is 35.3 Å². The zero-order chi connectivity index (χ0) is 25.4. The average molecular weight is 486 g/mol. The van der Waals surface area contributed by atoms with E-state index in [2.05, 4.69) is 6.92 Å². The third-order valence-corrected chi connectivity index (χ3v) is 5.97. The first-order valence-corrected chi connectivity index (χ1v) is 12.0. The molecule has 1 heterocycles. The summed E-state index contributed by atoms with van der Waals surface area (Å²) in [6, 6.07) is 9.32. The second-order valence-electron chi connectivity index (χ2n) is 8.34. The molecule has 0 aromatic heterocycles. The van der Waals surface area contributed by atoms with Crippen LogP contribution in [-0.4, -0.2) is 55.8 Å². The Kier molecular flexibility index (Phi) is 9.37. The normalized spacial score (nSPS) is 17.7. The van der Waals surface area contributed by atoms with Crippen LogP contribution in [0.25, 0.3) is 0 Å². The lowest BCUT2D eigenvalue weighted by molar-refractivity contribution is -0.141. The molecule has 0 saturated carbocycles. The quantitative estimate of drug-likeness (QED) is 0.181. The molecule has 1 amide bonds. The van der Waals surface area contributed by atoms with Crippen LogP contribution in [0.4, 0.5) is 4.39 Å². The van der Waals surface area contributed by atoms with Gasteiger partial charge in [-0.25, -0.2) is 4.39 Å². The summed E-state index contributed by atoms with van der Waals surface area (Å²) in [7, 11) is 1.50. The van der Waals surface area contributed by atoms with Gasteiger partial charge in [0, 0.05) is 19.2 Å². The average Bonchev–Trinajstić information content (AvgIpc) is 3.11. The fourth-order valence-electron chi connectivity index (χ4n) is 4.21. The van der Waals surface area contributed by atoms with E-state index in [4.69, 9.17) is 14.2 Å². The molecular weight excluding hydrogens is 453 g/mol. The summed E-state index contributed by atoms with van der Waals surface area (Å²) >= 11 is 0. The molecule has 0 radical (unpaired) electrons. The fourth-order valence-corrected chi connectivity index (χ4v) is 4.21. The van der Waals surface area contributed by atoms with Gasteiger partial charge < -0.3 is 19.1 Å². The maximum absolute atomic E-state index is 13.4. The van der Waals surface area contributed by atoms with Crippen molar-refractivity contribution in [1.82, 2.24) is 4.90 Å². The number of nitrogens with zero attached hydrogens (tertiary/aromatic N) is 1. The Bertz CT molecular complexity index is 1040. The van der Waals surface area contributed by atoms with E-state index in [1.54, 1.807) is 18.2 Å². The van der Waals surface area contributed by atoms with Gasteiger partial charge in [0.1, 0.15) is 11.7 Å². The molecule has 0 spiro atoms. The first-order chi connectivity index (χ1) is 16.9. The van der Waals surface area contributed by atoms with Crippen molar-refractivity contribution in [2.75, 3.05) is 33.5 Å². The van der Waals surface area contributed by atoms with Gasteiger partial charge in [0.25, 0.3) is 5.91 Å². The minimum Gasteiger partial charge on any atom is -0.490 e. The number of rotatable bonds is 13. The molecule has 0 N–H and O–H groups in total. The summed E-state index contributed by atoms with van der Waals surface area (Å²) in [6.07, 6.45) is 3.04. The van der Waals surface area contributed by atoms with Crippen LogP contribution >= 0.6 is 0 Å². The van der Waals surface area contributed by atoms with Crippen molar-refractivity contribution in [3.05, 3.63) is 59.4 Å². The van der Waals surface area contributed by atoms with E-state index in [-0.39, 0.29) is 18.7 Å². The fraction of sp³-hybridized carbons (Fsp3) is 0.444. The third kappa shape index (κ3) is 6.06. The summed E-state index contributed by atoms with van der Waals surface area (Å²) in [5.74, 6) is -2.80.